The lowest BCUT2D eigenvalue weighted by Crippen LogP contribution is -2.27. The van der Waals surface area contributed by atoms with Gasteiger partial charge in [-0.3, -0.25) is 14.2 Å². The molecule has 0 aliphatic rings. The number of aromatic nitrogens is 2. The number of fused-ring (bicyclic) bond motifs is 1. The fourth-order valence-corrected chi connectivity index (χ4v) is 3.02. The van der Waals surface area contributed by atoms with E-state index in [1.807, 2.05) is 13.8 Å². The molecule has 146 valence electrons. The van der Waals surface area contributed by atoms with Crippen LogP contribution in [0, 0.1) is 5.92 Å². The molecule has 2 aromatic carbocycles. The molecule has 0 saturated heterocycles. The van der Waals surface area contributed by atoms with Gasteiger partial charge in [0, 0.05) is 12.0 Å². The molecule has 0 amide bonds. The zero-order chi connectivity index (χ0) is 20.5. The second-order valence-corrected chi connectivity index (χ2v) is 7.11. The molecule has 4 nitrogen and oxygen atoms in total. The summed E-state index contributed by atoms with van der Waals surface area (Å²) < 4.78 is 39.8. The largest absolute Gasteiger partial charge is 0.416 e. The summed E-state index contributed by atoms with van der Waals surface area (Å²) in [4.78, 5) is 28.6. The second-order valence-electron chi connectivity index (χ2n) is 7.11. The summed E-state index contributed by atoms with van der Waals surface area (Å²) in [6.07, 6.45) is -3.19. The minimum absolute atomic E-state index is 0.122. The third-order valence-electron chi connectivity index (χ3n) is 4.41. The number of aldehydes is 1. The molecular weight excluding hydrogens is 369 g/mol. The first-order valence-electron chi connectivity index (χ1n) is 8.84. The monoisotopic (exact) mass is 388 g/mol. The Labute approximate surface area is 159 Å². The molecule has 0 saturated carbocycles. The van der Waals surface area contributed by atoms with Crippen LogP contribution in [0.3, 0.4) is 0 Å². The van der Waals surface area contributed by atoms with E-state index in [-0.39, 0.29) is 18.0 Å². The molecule has 1 aromatic heterocycles. The van der Waals surface area contributed by atoms with E-state index in [0.717, 1.165) is 12.1 Å². The first-order valence-corrected chi connectivity index (χ1v) is 8.84. The summed E-state index contributed by atoms with van der Waals surface area (Å²) in [6, 6.07) is 9.42. The molecule has 7 heteroatoms. The van der Waals surface area contributed by atoms with E-state index in [4.69, 9.17) is 0 Å². The fraction of sp³-hybridized carbons (Fsp3) is 0.286. The number of nitrogens with zero attached hydrogens (tertiary/aromatic N) is 2. The predicted octanol–water partition coefficient (Wildman–Crippen LogP) is 4.47. The zero-order valence-electron chi connectivity index (χ0n) is 15.5. The molecule has 28 heavy (non-hydrogen) atoms. The normalized spacial score (nSPS) is 11.9. The van der Waals surface area contributed by atoms with Crippen molar-refractivity contribution in [1.82, 2.24) is 9.55 Å². The van der Waals surface area contributed by atoms with E-state index in [2.05, 4.69) is 4.98 Å². The molecule has 0 bridgehead atoms. The van der Waals surface area contributed by atoms with Crippen molar-refractivity contribution < 1.29 is 18.0 Å². The Hall–Kier alpha value is -2.96. The molecule has 0 atom stereocenters. The molecule has 0 spiro atoms. The number of hydrogen-bond acceptors (Lipinski definition) is 3. The lowest BCUT2D eigenvalue weighted by Gasteiger charge is -2.16. The number of alkyl halides is 3. The maximum atomic E-state index is 13.0. The van der Waals surface area contributed by atoms with E-state index in [0.29, 0.717) is 40.6 Å². The van der Waals surface area contributed by atoms with Crippen molar-refractivity contribution in [3.05, 3.63) is 75.3 Å². The van der Waals surface area contributed by atoms with Gasteiger partial charge in [-0.05, 0) is 35.7 Å². The topological polar surface area (TPSA) is 52.0 Å². The first kappa shape index (κ1) is 19.8. The maximum Gasteiger partial charge on any atom is 0.416 e. The molecule has 0 aliphatic heterocycles. The average Bonchev–Trinajstić information content (AvgIpc) is 2.63. The van der Waals surface area contributed by atoms with Gasteiger partial charge in [-0.25, -0.2) is 4.98 Å². The van der Waals surface area contributed by atoms with Crippen molar-refractivity contribution in [3.63, 3.8) is 0 Å². The van der Waals surface area contributed by atoms with Crippen molar-refractivity contribution in [1.29, 1.82) is 0 Å². The summed E-state index contributed by atoms with van der Waals surface area (Å²) >= 11 is 0. The van der Waals surface area contributed by atoms with Gasteiger partial charge in [-0.15, -0.1) is 0 Å². The van der Waals surface area contributed by atoms with Crippen LogP contribution in [0.2, 0.25) is 0 Å². The first-order chi connectivity index (χ1) is 13.2. The molecule has 3 rings (SSSR count). The van der Waals surface area contributed by atoms with Gasteiger partial charge in [0.15, 0.2) is 0 Å². The van der Waals surface area contributed by atoms with E-state index in [1.165, 1.54) is 16.7 Å². The van der Waals surface area contributed by atoms with Crippen LogP contribution in [0.5, 0.6) is 0 Å². The van der Waals surface area contributed by atoms with E-state index in [9.17, 15) is 22.8 Å². The minimum atomic E-state index is -4.40. The van der Waals surface area contributed by atoms with Gasteiger partial charge in [0.25, 0.3) is 5.56 Å². The number of hydrogen-bond donors (Lipinski definition) is 0. The van der Waals surface area contributed by atoms with Crippen LogP contribution in [0.25, 0.3) is 10.9 Å². The van der Waals surface area contributed by atoms with Crippen LogP contribution in [-0.4, -0.2) is 15.8 Å². The van der Waals surface area contributed by atoms with E-state index < -0.39 is 11.7 Å². The molecule has 0 fully saturated rings. The van der Waals surface area contributed by atoms with Crippen molar-refractivity contribution in [2.75, 3.05) is 0 Å². The number of benzene rings is 2. The quantitative estimate of drug-likeness (QED) is 0.606. The SMILES string of the molecule is CC(C)Cc1nc2cc(C=O)ccc2c(=O)n1Cc1ccc(C(F)(F)F)cc1. The summed E-state index contributed by atoms with van der Waals surface area (Å²) in [5.74, 6) is 0.757. The molecule has 0 N–H and O–H groups in total. The van der Waals surface area contributed by atoms with Gasteiger partial charge in [0.2, 0.25) is 0 Å². The third-order valence-corrected chi connectivity index (χ3v) is 4.41. The highest BCUT2D eigenvalue weighted by Crippen LogP contribution is 2.29. The third kappa shape index (κ3) is 4.13. The molecule has 0 radical (unpaired) electrons. The molecule has 0 aliphatic carbocycles. The lowest BCUT2D eigenvalue weighted by atomic mass is 10.1. The summed E-state index contributed by atoms with van der Waals surface area (Å²) in [5.41, 5.74) is 0.428. The van der Waals surface area contributed by atoms with Gasteiger partial charge in [-0.2, -0.15) is 13.2 Å². The van der Waals surface area contributed by atoms with Crippen LogP contribution in [0.15, 0.2) is 47.3 Å². The Kier molecular flexibility index (Phi) is 5.36. The van der Waals surface area contributed by atoms with Crippen molar-refractivity contribution in [2.45, 2.75) is 33.0 Å². The Balaban J connectivity index is 2.09. The molecule has 3 aromatic rings. The van der Waals surface area contributed by atoms with Crippen LogP contribution in [0.1, 0.15) is 41.2 Å². The van der Waals surface area contributed by atoms with Crippen LogP contribution < -0.4 is 5.56 Å². The Bertz CT molecular complexity index is 1070. The van der Waals surface area contributed by atoms with Gasteiger partial charge < -0.3 is 0 Å². The average molecular weight is 388 g/mol. The van der Waals surface area contributed by atoms with Crippen LogP contribution in [0.4, 0.5) is 13.2 Å². The lowest BCUT2D eigenvalue weighted by molar-refractivity contribution is -0.137. The highest BCUT2D eigenvalue weighted by molar-refractivity contribution is 5.86. The summed E-state index contributed by atoms with van der Waals surface area (Å²) in [6.45, 7) is 4.10. The number of halogens is 3. The number of carbonyl (C=O) groups excluding carboxylic acids is 1. The molecule has 1 heterocycles. The van der Waals surface area contributed by atoms with Gasteiger partial charge in [-0.1, -0.05) is 32.0 Å². The Morgan fingerprint density at radius 3 is 2.36 bits per heavy atom. The minimum Gasteiger partial charge on any atom is -0.298 e. The fourth-order valence-electron chi connectivity index (χ4n) is 3.02. The van der Waals surface area contributed by atoms with E-state index >= 15 is 0 Å². The van der Waals surface area contributed by atoms with Crippen molar-refractivity contribution in [3.8, 4) is 0 Å². The summed E-state index contributed by atoms with van der Waals surface area (Å²) in [5, 5.41) is 0.366. The summed E-state index contributed by atoms with van der Waals surface area (Å²) in [7, 11) is 0. The number of rotatable bonds is 5. The predicted molar refractivity (Wildman–Crippen MR) is 100 cm³/mol. The van der Waals surface area contributed by atoms with Crippen molar-refractivity contribution in [2.24, 2.45) is 5.92 Å². The zero-order valence-corrected chi connectivity index (χ0v) is 15.5. The van der Waals surface area contributed by atoms with Gasteiger partial charge in [0.1, 0.15) is 12.1 Å². The standard InChI is InChI=1S/C21H19F3N2O2/c1-13(2)9-19-25-18-10-15(12-27)5-8-17(18)20(28)26(19)11-14-3-6-16(7-4-14)21(22,23)24/h3-8,10,12-13H,9,11H2,1-2H3. The van der Waals surface area contributed by atoms with Crippen LogP contribution in [-0.2, 0) is 19.1 Å². The molecular formula is C21H19F3N2O2. The Morgan fingerprint density at radius 2 is 1.79 bits per heavy atom. The van der Waals surface area contributed by atoms with E-state index in [1.54, 1.807) is 18.2 Å². The van der Waals surface area contributed by atoms with Crippen molar-refractivity contribution >= 4 is 17.2 Å². The smallest absolute Gasteiger partial charge is 0.298 e. The van der Waals surface area contributed by atoms with Gasteiger partial charge in [0.05, 0.1) is 23.0 Å². The molecule has 0 unspecified atom stereocenters. The number of carbonyl (C=O) groups is 1. The highest BCUT2D eigenvalue weighted by Gasteiger charge is 2.30. The highest BCUT2D eigenvalue weighted by atomic mass is 19.4. The van der Waals surface area contributed by atoms with Gasteiger partial charge >= 0.3 is 6.18 Å². The van der Waals surface area contributed by atoms with Crippen LogP contribution >= 0.6 is 0 Å². The second kappa shape index (κ2) is 7.58. The maximum absolute atomic E-state index is 13.0. The Morgan fingerprint density at radius 1 is 1.11 bits per heavy atom.